The number of carboxylic acids is 1. The third kappa shape index (κ3) is 8.82. The molecule has 0 spiro atoms. The fraction of sp³-hybridized carbons (Fsp3) is 0.267. The minimum Gasteiger partial charge on any atom is -0.508 e. The van der Waals surface area contributed by atoms with E-state index in [4.69, 9.17) is 14.3 Å². The Morgan fingerprint density at radius 3 is 2.10 bits per heavy atom. The van der Waals surface area contributed by atoms with Gasteiger partial charge in [0.25, 0.3) is 5.91 Å². The number of rotatable bonds is 6. The van der Waals surface area contributed by atoms with Gasteiger partial charge in [0.15, 0.2) is 5.76 Å². The fourth-order valence-corrected chi connectivity index (χ4v) is 4.49. The third-order valence-corrected chi connectivity index (χ3v) is 6.51. The summed E-state index contributed by atoms with van der Waals surface area (Å²) in [6.45, 7) is 5.85. The molecule has 1 aliphatic heterocycles. The first-order chi connectivity index (χ1) is 19.6. The SMILES string of the molecule is O=C(Nc1cccc(CN2CCCN(Cc3ccc(O)cc3)CC2)c1)c1cc2ccccc2o1.O=C(O)C(F)(F)F. The Balaban J connectivity index is 0.000000493. The van der Waals surface area contributed by atoms with Crippen LogP contribution < -0.4 is 5.32 Å². The van der Waals surface area contributed by atoms with Crippen LogP contribution in [0, 0.1) is 0 Å². The minimum absolute atomic E-state index is 0.243. The summed E-state index contributed by atoms with van der Waals surface area (Å²) in [5.41, 5.74) is 3.88. The minimum atomic E-state index is -5.08. The van der Waals surface area contributed by atoms with E-state index in [-0.39, 0.29) is 5.91 Å². The molecule has 4 aromatic rings. The number of fused-ring (bicyclic) bond motifs is 1. The predicted molar refractivity (Wildman–Crippen MR) is 148 cm³/mol. The summed E-state index contributed by atoms with van der Waals surface area (Å²) in [6, 6.07) is 24.9. The number of nitrogens with one attached hydrogen (secondary N) is 1. The molecule has 1 amide bonds. The molecule has 3 aromatic carbocycles. The highest BCUT2D eigenvalue weighted by Gasteiger charge is 2.38. The van der Waals surface area contributed by atoms with E-state index in [0.29, 0.717) is 17.1 Å². The maximum Gasteiger partial charge on any atom is 0.490 e. The van der Waals surface area contributed by atoms with Crippen molar-refractivity contribution < 1.29 is 37.4 Å². The van der Waals surface area contributed by atoms with Crippen molar-refractivity contribution >= 4 is 28.5 Å². The van der Waals surface area contributed by atoms with Crippen molar-refractivity contribution in [3.05, 3.63) is 95.7 Å². The number of furan rings is 1. The van der Waals surface area contributed by atoms with Crippen molar-refractivity contribution in [2.45, 2.75) is 25.7 Å². The zero-order chi connectivity index (χ0) is 29.4. The average Bonchev–Trinajstić information content (AvgIpc) is 3.26. The zero-order valence-corrected chi connectivity index (χ0v) is 22.1. The second kappa shape index (κ2) is 13.3. The number of hydrogen-bond donors (Lipinski definition) is 3. The van der Waals surface area contributed by atoms with E-state index in [1.54, 1.807) is 18.2 Å². The molecule has 0 unspecified atom stereocenters. The van der Waals surface area contributed by atoms with Crippen molar-refractivity contribution in [2.75, 3.05) is 31.5 Å². The van der Waals surface area contributed by atoms with E-state index < -0.39 is 12.1 Å². The molecule has 1 aliphatic rings. The lowest BCUT2D eigenvalue weighted by Crippen LogP contribution is -2.30. The number of phenolic OH excluding ortho intramolecular Hbond substituents is 1. The van der Waals surface area contributed by atoms with Crippen LogP contribution in [-0.4, -0.2) is 64.2 Å². The van der Waals surface area contributed by atoms with Gasteiger partial charge in [0.05, 0.1) is 0 Å². The second-order valence-electron chi connectivity index (χ2n) is 9.68. The van der Waals surface area contributed by atoms with Crippen molar-refractivity contribution in [1.29, 1.82) is 0 Å². The van der Waals surface area contributed by atoms with Crippen molar-refractivity contribution in [1.82, 2.24) is 9.80 Å². The first-order valence-electron chi connectivity index (χ1n) is 13.0. The highest BCUT2D eigenvalue weighted by molar-refractivity contribution is 6.04. The van der Waals surface area contributed by atoms with E-state index in [1.165, 1.54) is 11.1 Å². The number of hydrogen-bond acceptors (Lipinski definition) is 6. The van der Waals surface area contributed by atoms with Gasteiger partial charge in [-0.1, -0.05) is 42.5 Å². The Morgan fingerprint density at radius 2 is 1.46 bits per heavy atom. The summed E-state index contributed by atoms with van der Waals surface area (Å²) in [6.07, 6.45) is -3.97. The van der Waals surface area contributed by atoms with Crippen LogP contribution in [0.15, 0.2) is 83.3 Å². The van der Waals surface area contributed by atoms with Crippen molar-refractivity contribution in [2.24, 2.45) is 0 Å². The Kier molecular flexibility index (Phi) is 9.64. The molecule has 1 fully saturated rings. The number of carboxylic acid groups (broad SMARTS) is 1. The third-order valence-electron chi connectivity index (χ3n) is 6.51. The van der Waals surface area contributed by atoms with E-state index in [1.807, 2.05) is 54.6 Å². The van der Waals surface area contributed by atoms with E-state index in [9.17, 15) is 23.1 Å². The number of anilines is 1. The molecule has 0 aliphatic carbocycles. The van der Waals surface area contributed by atoms with Crippen LogP contribution in [0.1, 0.15) is 28.1 Å². The number of benzene rings is 3. The number of nitrogens with zero attached hydrogens (tertiary/aromatic N) is 2. The van der Waals surface area contributed by atoms with Gasteiger partial charge in [-0.25, -0.2) is 4.79 Å². The summed E-state index contributed by atoms with van der Waals surface area (Å²) in [5, 5.41) is 20.5. The van der Waals surface area contributed by atoms with Gasteiger partial charge in [-0.05, 0) is 67.0 Å². The summed E-state index contributed by atoms with van der Waals surface area (Å²) >= 11 is 0. The Labute approximate surface area is 234 Å². The fourth-order valence-electron chi connectivity index (χ4n) is 4.49. The van der Waals surface area contributed by atoms with Crippen LogP contribution in [0.2, 0.25) is 0 Å². The first kappa shape index (κ1) is 29.6. The molecule has 0 bridgehead atoms. The molecule has 1 aromatic heterocycles. The lowest BCUT2D eigenvalue weighted by atomic mass is 10.1. The molecule has 11 heteroatoms. The van der Waals surface area contributed by atoms with Crippen LogP contribution in [0.3, 0.4) is 0 Å². The van der Waals surface area contributed by atoms with Gasteiger partial charge in [-0.2, -0.15) is 13.2 Å². The number of aliphatic carboxylic acids is 1. The zero-order valence-electron chi connectivity index (χ0n) is 22.1. The largest absolute Gasteiger partial charge is 0.508 e. The number of alkyl halides is 3. The van der Waals surface area contributed by atoms with Crippen molar-refractivity contribution in [3.63, 3.8) is 0 Å². The number of aromatic hydroxyl groups is 1. The molecule has 2 heterocycles. The van der Waals surface area contributed by atoms with Gasteiger partial charge < -0.3 is 19.9 Å². The molecular weight excluding hydrogens is 539 g/mol. The number of carbonyl (C=O) groups excluding carboxylic acids is 1. The Hall–Kier alpha value is -4.35. The molecule has 41 heavy (non-hydrogen) atoms. The second-order valence-corrected chi connectivity index (χ2v) is 9.68. The number of phenols is 1. The van der Waals surface area contributed by atoms with Gasteiger partial charge in [0.1, 0.15) is 11.3 Å². The van der Waals surface area contributed by atoms with E-state index in [2.05, 4.69) is 21.2 Å². The van der Waals surface area contributed by atoms with Gasteiger partial charge in [0.2, 0.25) is 0 Å². The monoisotopic (exact) mass is 569 g/mol. The van der Waals surface area contributed by atoms with Gasteiger partial charge >= 0.3 is 12.1 Å². The molecule has 0 saturated carbocycles. The molecule has 0 atom stereocenters. The smallest absolute Gasteiger partial charge is 0.490 e. The number of carbonyl (C=O) groups is 2. The van der Waals surface area contributed by atoms with Crippen LogP contribution in [0.4, 0.5) is 18.9 Å². The Morgan fingerprint density at radius 1 is 0.829 bits per heavy atom. The average molecular weight is 570 g/mol. The number of amides is 1. The van der Waals surface area contributed by atoms with E-state index in [0.717, 1.165) is 56.8 Å². The molecule has 0 radical (unpaired) electrons. The molecule has 8 nitrogen and oxygen atoms in total. The summed E-state index contributed by atoms with van der Waals surface area (Å²) in [4.78, 5) is 26.5. The van der Waals surface area contributed by atoms with Crippen LogP contribution in [-0.2, 0) is 17.9 Å². The van der Waals surface area contributed by atoms with Gasteiger partial charge in [0, 0.05) is 37.3 Å². The lowest BCUT2D eigenvalue weighted by molar-refractivity contribution is -0.192. The molecule has 1 saturated heterocycles. The molecule has 5 rings (SSSR count). The topological polar surface area (TPSA) is 106 Å². The number of para-hydroxylation sites is 1. The summed E-state index contributed by atoms with van der Waals surface area (Å²) in [5.74, 6) is -2.38. The van der Waals surface area contributed by atoms with Crippen LogP contribution in [0.5, 0.6) is 5.75 Å². The first-order valence-corrected chi connectivity index (χ1v) is 13.0. The van der Waals surface area contributed by atoms with Gasteiger partial charge in [-0.15, -0.1) is 0 Å². The Bertz CT molecular complexity index is 1440. The molecule has 216 valence electrons. The summed E-state index contributed by atoms with van der Waals surface area (Å²) < 4.78 is 37.4. The summed E-state index contributed by atoms with van der Waals surface area (Å²) in [7, 11) is 0. The number of halogens is 3. The normalized spacial score (nSPS) is 14.6. The predicted octanol–water partition coefficient (Wildman–Crippen LogP) is 5.73. The van der Waals surface area contributed by atoms with E-state index >= 15 is 0 Å². The molecule has 3 N–H and O–H groups in total. The van der Waals surface area contributed by atoms with Gasteiger partial charge in [-0.3, -0.25) is 14.6 Å². The van der Waals surface area contributed by atoms with Crippen LogP contribution in [0.25, 0.3) is 11.0 Å². The maximum absolute atomic E-state index is 12.7. The highest BCUT2D eigenvalue weighted by Crippen LogP contribution is 2.21. The van der Waals surface area contributed by atoms with Crippen molar-refractivity contribution in [3.8, 4) is 5.75 Å². The molecular formula is C30H30F3N3O5. The standard InChI is InChI=1S/C28H29N3O3.C2HF3O2/c32-25-11-9-21(10-12-25)19-30-13-4-14-31(16-15-30)20-22-5-3-7-24(17-22)29-28(33)27-18-23-6-1-2-8-26(23)34-27;3-2(4,5)1(6)7/h1-3,5-12,17-18,32H,4,13-16,19-20H2,(H,29,33);(H,6,7). The highest BCUT2D eigenvalue weighted by atomic mass is 19.4. The maximum atomic E-state index is 12.7. The van der Waals surface area contributed by atoms with Crippen LogP contribution >= 0.6 is 0 Å². The quantitative estimate of drug-likeness (QED) is 0.272. The lowest BCUT2D eigenvalue weighted by Gasteiger charge is -2.22.